The second-order valence-electron chi connectivity index (χ2n) is 0.998. The van der Waals surface area contributed by atoms with E-state index in [1.165, 1.54) is 0 Å². The maximum absolute atomic E-state index is 11.0. The van der Waals surface area contributed by atoms with Crippen molar-refractivity contribution in [2.24, 2.45) is 0 Å². The molecule has 0 aliphatic carbocycles. The molecular weight excluding hydrogens is 141 g/mol. The van der Waals surface area contributed by atoms with Gasteiger partial charge < -0.3 is 0 Å². The Labute approximate surface area is 50.2 Å². The molecule has 1 nitrogen and oxygen atoms in total. The van der Waals surface area contributed by atoms with Crippen LogP contribution in [-0.4, -0.2) is 18.7 Å². The van der Waals surface area contributed by atoms with Crippen molar-refractivity contribution in [2.45, 2.75) is 6.36 Å². The minimum absolute atomic E-state index is 0.0283. The molecule has 0 unspecified atom stereocenters. The summed E-state index contributed by atoms with van der Waals surface area (Å²) in [6.07, 6.45) is -4.52. The molecule has 0 amide bonds. The van der Waals surface area contributed by atoms with Gasteiger partial charge in [-0.25, -0.2) is 0 Å². The number of alkyl halides is 3. The first-order chi connectivity index (χ1) is 3.56. The van der Waals surface area contributed by atoms with E-state index in [4.69, 9.17) is 0 Å². The molecule has 0 atom stereocenters. The number of rotatable bonds is 2. The summed E-state index contributed by atoms with van der Waals surface area (Å²) >= 11 is 4.20. The van der Waals surface area contributed by atoms with E-state index in [9.17, 15) is 13.2 Å². The van der Waals surface area contributed by atoms with Gasteiger partial charge in [0.2, 0.25) is 0 Å². The molecule has 5 heteroatoms. The van der Waals surface area contributed by atoms with Crippen molar-refractivity contribution in [2.75, 3.05) is 12.4 Å². The Morgan fingerprint density at radius 1 is 1.38 bits per heavy atom. The zero-order valence-electron chi connectivity index (χ0n) is 3.86. The van der Waals surface area contributed by atoms with Crippen LogP contribution in [0, 0.1) is 0 Å². The molecule has 0 saturated carbocycles. The minimum Gasteiger partial charge on any atom is -0.291 e. The average molecular weight is 145 g/mol. The van der Waals surface area contributed by atoms with E-state index in [1.807, 2.05) is 0 Å². The van der Waals surface area contributed by atoms with Crippen molar-refractivity contribution in [3.63, 3.8) is 0 Å². The largest absolute Gasteiger partial charge is 0.522 e. The lowest BCUT2D eigenvalue weighted by Crippen LogP contribution is -2.14. The molecule has 0 bridgehead atoms. The van der Waals surface area contributed by atoms with E-state index in [-0.39, 0.29) is 5.75 Å². The Balaban J connectivity index is 3.11. The van der Waals surface area contributed by atoms with Crippen molar-refractivity contribution >= 4 is 12.6 Å². The average Bonchev–Trinajstić information content (AvgIpc) is 1.59. The highest BCUT2D eigenvalue weighted by molar-refractivity contribution is 7.80. The molecule has 0 heterocycles. The van der Waals surface area contributed by atoms with Crippen molar-refractivity contribution in [1.29, 1.82) is 0 Å². The quantitative estimate of drug-likeness (QED) is 0.574. The fourth-order valence-electron chi connectivity index (χ4n) is 0.157. The van der Waals surface area contributed by atoms with Crippen LogP contribution in [0.5, 0.6) is 0 Å². The Kier molecular flexibility index (Phi) is 3.23. The van der Waals surface area contributed by atoms with Gasteiger partial charge in [-0.05, 0) is 0 Å². The van der Waals surface area contributed by atoms with Gasteiger partial charge in [-0.1, -0.05) is 12.6 Å². The van der Waals surface area contributed by atoms with E-state index >= 15 is 0 Å². The first-order valence-corrected chi connectivity index (χ1v) is 2.43. The van der Waals surface area contributed by atoms with Crippen LogP contribution in [0.2, 0.25) is 0 Å². The Bertz CT molecular complexity index is 62.0. The zero-order valence-corrected chi connectivity index (χ0v) is 4.68. The van der Waals surface area contributed by atoms with Crippen LogP contribution in [0.3, 0.4) is 0 Å². The second-order valence-corrected chi connectivity index (χ2v) is 1.41. The Morgan fingerprint density at radius 3 is 2.00 bits per heavy atom. The Morgan fingerprint density at radius 2 is 1.88 bits per heavy atom. The van der Waals surface area contributed by atoms with Crippen LogP contribution in [-0.2, 0) is 4.74 Å². The van der Waals surface area contributed by atoms with Gasteiger partial charge in [0.05, 0.1) is 6.61 Å². The molecule has 0 spiro atoms. The van der Waals surface area contributed by atoms with Gasteiger partial charge in [0, 0.05) is 5.75 Å². The fourth-order valence-corrected chi connectivity index (χ4v) is 0.241. The molecule has 49 valence electrons. The maximum Gasteiger partial charge on any atom is 0.522 e. The molecule has 0 rings (SSSR count). The van der Waals surface area contributed by atoms with Gasteiger partial charge >= 0.3 is 6.36 Å². The summed E-state index contributed by atoms with van der Waals surface area (Å²) in [4.78, 5) is 0. The van der Waals surface area contributed by atoms with Crippen LogP contribution in [0.1, 0.15) is 0 Å². The third kappa shape index (κ3) is 6.10. The maximum atomic E-state index is 11.0. The lowest BCUT2D eigenvalue weighted by Gasteiger charge is -2.03. The van der Waals surface area contributed by atoms with E-state index < -0.39 is 13.0 Å². The second kappa shape index (κ2) is 3.19. The van der Waals surface area contributed by atoms with Gasteiger partial charge in [0.15, 0.2) is 0 Å². The van der Waals surface area contributed by atoms with Crippen molar-refractivity contribution in [3.8, 4) is 0 Å². The first kappa shape index (κ1) is 8.10. The van der Waals surface area contributed by atoms with E-state index in [0.29, 0.717) is 0 Å². The number of halogens is 3. The predicted molar refractivity (Wildman–Crippen MR) is 24.5 cm³/mol. The Hall–Kier alpha value is 0.100. The smallest absolute Gasteiger partial charge is 0.291 e. The first-order valence-electron chi connectivity index (χ1n) is 1.85. The van der Waals surface area contributed by atoms with E-state index in [1.54, 1.807) is 0 Å². The van der Waals surface area contributed by atoms with Crippen LogP contribution in [0.15, 0.2) is 0 Å². The lowest BCUT2D eigenvalue weighted by molar-refractivity contribution is -0.322. The van der Waals surface area contributed by atoms with Crippen LogP contribution in [0.4, 0.5) is 13.2 Å². The topological polar surface area (TPSA) is 9.23 Å². The fraction of sp³-hybridized carbons (Fsp3) is 1.00. The van der Waals surface area contributed by atoms with Gasteiger partial charge in [-0.15, -0.1) is 13.2 Å². The van der Waals surface area contributed by atoms with Crippen LogP contribution < -0.4 is 0 Å². The molecule has 0 fully saturated rings. The SMILES string of the molecule is FC(F)(F)OCC[S]. The summed E-state index contributed by atoms with van der Waals surface area (Å²) < 4.78 is 36.2. The third-order valence-corrected chi connectivity index (χ3v) is 0.516. The van der Waals surface area contributed by atoms with Crippen LogP contribution >= 0.6 is 12.6 Å². The summed E-state index contributed by atoms with van der Waals surface area (Å²) in [7, 11) is 0. The third-order valence-electron chi connectivity index (χ3n) is 0.349. The summed E-state index contributed by atoms with van der Waals surface area (Å²) in [5, 5.41) is 0. The molecule has 0 aromatic heterocycles. The van der Waals surface area contributed by atoms with Crippen molar-refractivity contribution < 1.29 is 17.9 Å². The normalized spacial score (nSPS) is 12.0. The van der Waals surface area contributed by atoms with Gasteiger partial charge in [-0.2, -0.15) is 0 Å². The molecule has 0 aromatic carbocycles. The van der Waals surface area contributed by atoms with Crippen molar-refractivity contribution in [1.82, 2.24) is 0 Å². The van der Waals surface area contributed by atoms with E-state index in [2.05, 4.69) is 17.4 Å². The van der Waals surface area contributed by atoms with Crippen LogP contribution in [0.25, 0.3) is 0 Å². The summed E-state index contributed by atoms with van der Waals surface area (Å²) in [5.41, 5.74) is 0. The highest BCUT2D eigenvalue weighted by atomic mass is 32.1. The van der Waals surface area contributed by atoms with Crippen molar-refractivity contribution in [3.05, 3.63) is 0 Å². The summed E-state index contributed by atoms with van der Waals surface area (Å²) in [6, 6.07) is 0. The summed E-state index contributed by atoms with van der Waals surface area (Å²) in [5.74, 6) is -0.0283. The molecule has 0 aliphatic heterocycles. The molecule has 0 N–H and O–H groups in total. The number of ether oxygens (including phenoxy) is 1. The highest BCUT2D eigenvalue weighted by Crippen LogP contribution is 2.15. The lowest BCUT2D eigenvalue weighted by atomic mass is 10.9. The molecule has 1 radical (unpaired) electrons. The summed E-state index contributed by atoms with van der Waals surface area (Å²) in [6.45, 7) is -0.432. The highest BCUT2D eigenvalue weighted by Gasteiger charge is 2.28. The molecular formula is C3H4F3OS. The monoisotopic (exact) mass is 145 g/mol. The van der Waals surface area contributed by atoms with E-state index in [0.717, 1.165) is 0 Å². The molecule has 0 aliphatic rings. The van der Waals surface area contributed by atoms with Gasteiger partial charge in [0.25, 0.3) is 0 Å². The number of hydrogen-bond acceptors (Lipinski definition) is 1. The zero-order chi connectivity index (χ0) is 6.62. The molecule has 0 aromatic rings. The van der Waals surface area contributed by atoms with Gasteiger partial charge in [-0.3, -0.25) is 4.74 Å². The predicted octanol–water partition coefficient (Wildman–Crippen LogP) is 1.72. The molecule has 8 heavy (non-hydrogen) atoms. The molecule has 0 saturated heterocycles. The number of hydrogen-bond donors (Lipinski definition) is 0. The minimum atomic E-state index is -4.52. The van der Waals surface area contributed by atoms with Gasteiger partial charge in [0.1, 0.15) is 0 Å². The standard InChI is InChI=1S/C3H4F3OS/c4-3(5,6)7-1-2-8/h1-2H2.